The van der Waals surface area contributed by atoms with Crippen molar-refractivity contribution in [1.82, 2.24) is 5.32 Å². The number of hydrogen-bond donors (Lipinski definition) is 2. The van der Waals surface area contributed by atoms with E-state index in [0.29, 0.717) is 6.54 Å². The van der Waals surface area contributed by atoms with Gasteiger partial charge in [0.05, 0.1) is 0 Å². The Labute approximate surface area is 100 Å². The molecule has 0 atom stereocenters. The van der Waals surface area contributed by atoms with Gasteiger partial charge in [-0.2, -0.15) is 0 Å². The Bertz CT molecular complexity index is 355. The van der Waals surface area contributed by atoms with Gasteiger partial charge >= 0.3 is 5.97 Å². The number of carbonyl (C=O) groups is 1. The van der Waals surface area contributed by atoms with E-state index in [0.717, 1.165) is 0 Å². The minimum absolute atomic E-state index is 0.0408. The number of aliphatic carboxylic acids is 1. The largest absolute Gasteiger partial charge is 0.480 e. The highest BCUT2D eigenvalue weighted by Crippen LogP contribution is 2.27. The van der Waals surface area contributed by atoms with Crippen molar-refractivity contribution in [2.75, 3.05) is 6.54 Å². The summed E-state index contributed by atoms with van der Waals surface area (Å²) in [6.45, 7) is 8.24. The summed E-state index contributed by atoms with van der Waals surface area (Å²) in [4.78, 5) is 12.2. The normalized spacial score (nSPS) is 12.8. The summed E-state index contributed by atoms with van der Waals surface area (Å²) in [6, 6.07) is 4.10. The third-order valence-corrected chi connectivity index (χ3v) is 3.93. The van der Waals surface area contributed by atoms with Crippen molar-refractivity contribution in [3.05, 3.63) is 22.4 Å². The molecule has 0 amide bonds. The van der Waals surface area contributed by atoms with E-state index in [1.165, 1.54) is 4.88 Å². The van der Waals surface area contributed by atoms with E-state index in [2.05, 4.69) is 25.2 Å². The van der Waals surface area contributed by atoms with Crippen molar-refractivity contribution in [3.63, 3.8) is 0 Å². The van der Waals surface area contributed by atoms with Gasteiger partial charge in [-0.3, -0.25) is 4.79 Å². The molecule has 0 unspecified atom stereocenters. The number of nitrogens with one attached hydrogen (secondary N) is 1. The Kier molecular flexibility index (Phi) is 3.76. The van der Waals surface area contributed by atoms with Crippen molar-refractivity contribution in [1.29, 1.82) is 0 Å². The van der Waals surface area contributed by atoms with Crippen LogP contribution < -0.4 is 5.32 Å². The molecule has 0 saturated heterocycles. The summed E-state index contributed by atoms with van der Waals surface area (Å²) < 4.78 is 0. The van der Waals surface area contributed by atoms with E-state index >= 15 is 0 Å². The Balaban J connectivity index is 2.65. The molecule has 4 heteroatoms. The highest BCUT2D eigenvalue weighted by Gasteiger charge is 2.30. The van der Waals surface area contributed by atoms with Gasteiger partial charge in [0.15, 0.2) is 0 Å². The van der Waals surface area contributed by atoms with Crippen molar-refractivity contribution in [3.8, 4) is 0 Å². The average Bonchev–Trinajstić information content (AvgIpc) is 2.68. The second kappa shape index (κ2) is 4.55. The zero-order valence-corrected chi connectivity index (χ0v) is 11.0. The molecule has 0 spiro atoms. The summed E-state index contributed by atoms with van der Waals surface area (Å²) in [6.07, 6.45) is 0. The number of rotatable bonds is 5. The first kappa shape index (κ1) is 13.2. The number of hydrogen-bond acceptors (Lipinski definition) is 3. The maximum atomic E-state index is 11.0. The molecular weight excluding hydrogens is 222 g/mol. The first-order valence-corrected chi connectivity index (χ1v) is 6.16. The molecular formula is C12H19NO2S. The lowest BCUT2D eigenvalue weighted by molar-refractivity contribution is -0.143. The highest BCUT2D eigenvalue weighted by molar-refractivity contribution is 7.10. The summed E-state index contributed by atoms with van der Waals surface area (Å²) in [5.41, 5.74) is -0.921. The minimum Gasteiger partial charge on any atom is -0.480 e. The van der Waals surface area contributed by atoms with E-state index in [-0.39, 0.29) is 5.41 Å². The third kappa shape index (κ3) is 3.06. The third-order valence-electron chi connectivity index (χ3n) is 2.70. The molecule has 0 fully saturated rings. The lowest BCUT2D eigenvalue weighted by Crippen LogP contribution is -2.50. The van der Waals surface area contributed by atoms with E-state index < -0.39 is 11.5 Å². The van der Waals surface area contributed by atoms with Crippen molar-refractivity contribution < 1.29 is 9.90 Å². The fourth-order valence-corrected chi connectivity index (χ4v) is 2.12. The van der Waals surface area contributed by atoms with Crippen LogP contribution in [0.5, 0.6) is 0 Å². The molecule has 1 aromatic rings. The summed E-state index contributed by atoms with van der Waals surface area (Å²) in [5.74, 6) is -0.825. The molecule has 90 valence electrons. The molecule has 1 aromatic heterocycles. The average molecular weight is 241 g/mol. The fraction of sp³-hybridized carbons (Fsp3) is 0.583. The molecule has 0 aliphatic carbocycles. The van der Waals surface area contributed by atoms with Crippen LogP contribution in [0.15, 0.2) is 17.5 Å². The van der Waals surface area contributed by atoms with Gasteiger partial charge in [0.25, 0.3) is 0 Å². The molecule has 2 N–H and O–H groups in total. The first-order valence-electron chi connectivity index (χ1n) is 5.28. The SMILES string of the molecule is CC(C)(NCC(C)(C)c1cccs1)C(=O)O. The van der Waals surface area contributed by atoms with E-state index in [9.17, 15) is 4.79 Å². The molecule has 0 saturated carbocycles. The second-order valence-electron chi connectivity index (χ2n) is 5.14. The quantitative estimate of drug-likeness (QED) is 0.832. The van der Waals surface area contributed by atoms with E-state index in [1.807, 2.05) is 11.4 Å². The topological polar surface area (TPSA) is 49.3 Å². The van der Waals surface area contributed by atoms with Gasteiger partial charge in [0.1, 0.15) is 5.54 Å². The van der Waals surface area contributed by atoms with Crippen LogP contribution in [0.2, 0.25) is 0 Å². The Hall–Kier alpha value is -0.870. The van der Waals surface area contributed by atoms with Gasteiger partial charge in [-0.25, -0.2) is 0 Å². The fourth-order valence-electron chi connectivity index (χ4n) is 1.27. The molecule has 0 radical (unpaired) electrons. The molecule has 3 nitrogen and oxygen atoms in total. The molecule has 1 rings (SSSR count). The summed E-state index contributed by atoms with van der Waals surface area (Å²) >= 11 is 1.70. The zero-order chi connectivity index (χ0) is 12.4. The Morgan fingerprint density at radius 1 is 1.44 bits per heavy atom. The predicted molar refractivity (Wildman–Crippen MR) is 67.1 cm³/mol. The Morgan fingerprint density at radius 2 is 2.06 bits per heavy atom. The van der Waals surface area contributed by atoms with Gasteiger partial charge in [-0.05, 0) is 25.3 Å². The van der Waals surface area contributed by atoms with Gasteiger partial charge in [0.2, 0.25) is 0 Å². The van der Waals surface area contributed by atoms with E-state index in [4.69, 9.17) is 5.11 Å². The lowest BCUT2D eigenvalue weighted by Gasteiger charge is -2.29. The van der Waals surface area contributed by atoms with Gasteiger partial charge in [-0.1, -0.05) is 19.9 Å². The predicted octanol–water partition coefficient (Wildman–Crippen LogP) is 2.48. The molecule has 0 bridgehead atoms. The van der Waals surface area contributed by atoms with Crippen molar-refractivity contribution in [2.45, 2.75) is 38.6 Å². The van der Waals surface area contributed by atoms with Crippen LogP contribution in [0.3, 0.4) is 0 Å². The van der Waals surface area contributed by atoms with Crippen LogP contribution in [0.4, 0.5) is 0 Å². The highest BCUT2D eigenvalue weighted by atomic mass is 32.1. The van der Waals surface area contributed by atoms with Crippen LogP contribution in [0.25, 0.3) is 0 Å². The maximum Gasteiger partial charge on any atom is 0.323 e. The molecule has 1 heterocycles. The number of carboxylic acid groups (broad SMARTS) is 1. The van der Waals surface area contributed by atoms with Crippen molar-refractivity contribution in [2.24, 2.45) is 0 Å². The smallest absolute Gasteiger partial charge is 0.323 e. The molecule has 16 heavy (non-hydrogen) atoms. The monoisotopic (exact) mass is 241 g/mol. The van der Waals surface area contributed by atoms with Gasteiger partial charge < -0.3 is 10.4 Å². The van der Waals surface area contributed by atoms with Crippen molar-refractivity contribution >= 4 is 17.3 Å². The second-order valence-corrected chi connectivity index (χ2v) is 6.09. The number of carboxylic acids is 1. The number of thiophene rings is 1. The lowest BCUT2D eigenvalue weighted by atomic mass is 9.90. The van der Waals surface area contributed by atoms with Crippen LogP contribution in [0.1, 0.15) is 32.6 Å². The molecule has 0 aromatic carbocycles. The Morgan fingerprint density at radius 3 is 2.50 bits per heavy atom. The maximum absolute atomic E-state index is 11.0. The zero-order valence-electron chi connectivity index (χ0n) is 10.2. The first-order chi connectivity index (χ1) is 7.26. The van der Waals surface area contributed by atoms with Gasteiger partial charge in [-0.15, -0.1) is 11.3 Å². The minimum atomic E-state index is -0.880. The van der Waals surface area contributed by atoms with Gasteiger partial charge in [0, 0.05) is 16.8 Å². The van der Waals surface area contributed by atoms with Crippen LogP contribution in [-0.4, -0.2) is 23.2 Å². The van der Waals surface area contributed by atoms with Crippen LogP contribution in [-0.2, 0) is 10.2 Å². The summed E-state index contributed by atoms with van der Waals surface area (Å²) in [7, 11) is 0. The van der Waals surface area contributed by atoms with Crippen LogP contribution >= 0.6 is 11.3 Å². The van der Waals surface area contributed by atoms with Crippen LogP contribution in [0, 0.1) is 0 Å². The molecule has 0 aliphatic rings. The molecule has 0 aliphatic heterocycles. The van der Waals surface area contributed by atoms with E-state index in [1.54, 1.807) is 25.2 Å². The summed E-state index contributed by atoms with van der Waals surface area (Å²) in [5, 5.41) is 14.1. The standard InChI is InChI=1S/C12H19NO2S/c1-11(2,9-6-5-7-16-9)8-13-12(3,4)10(14)15/h5-7,13H,8H2,1-4H3,(H,14,15).